The number of phosphoric ester groups is 2. The molecule has 16 nitrogen and oxygen atoms in total. The number of rotatable bonds is 67. The van der Waals surface area contributed by atoms with Gasteiger partial charge >= 0.3 is 33.6 Å². The van der Waals surface area contributed by atoms with Crippen molar-refractivity contribution in [3.8, 4) is 0 Å². The highest BCUT2D eigenvalue weighted by Crippen LogP contribution is 2.45. The number of hydrogen-bond donors (Lipinski definition) is 4. The van der Waals surface area contributed by atoms with Crippen LogP contribution in [0.1, 0.15) is 265 Å². The molecule has 0 heterocycles. The quantitative estimate of drug-likeness (QED) is 0.0146. The molecule has 0 amide bonds. The SMILES string of the molecule is CC/C=C\C/C=C\C/C=C\C/C=C\C/C=C\C/C=C\CCC(=O)OCC(COP(=O)(O)OCC(O)COP(=O)(O)OCC(O)COC(=O)CCCCCCCCCCCCCCC/C=C\C/C=C\C/C=C\C/C=C\C/C=C\CC)OC(=O)CCCCCCC/C=C\CCCC. The summed E-state index contributed by atoms with van der Waals surface area (Å²) in [6.45, 7) is 2.28. The fourth-order valence-corrected chi connectivity index (χ4v) is 10.7. The number of esters is 3. The second kappa shape index (κ2) is 69.3. The fourth-order valence-electron chi connectivity index (χ4n) is 9.07. The van der Waals surface area contributed by atoms with E-state index in [0.29, 0.717) is 25.7 Å². The predicted molar refractivity (Wildman–Crippen MR) is 389 cm³/mol. The summed E-state index contributed by atoms with van der Waals surface area (Å²) in [7, 11) is -9.80. The van der Waals surface area contributed by atoms with E-state index >= 15 is 0 Å². The summed E-state index contributed by atoms with van der Waals surface area (Å²) in [6.07, 6.45) is 83.7. The van der Waals surface area contributed by atoms with Crippen molar-refractivity contribution in [3.05, 3.63) is 146 Å². The van der Waals surface area contributed by atoms with Gasteiger partial charge in [0.2, 0.25) is 0 Å². The first-order valence-corrected chi connectivity index (χ1v) is 39.1. The third-order valence-corrected chi connectivity index (χ3v) is 16.4. The summed E-state index contributed by atoms with van der Waals surface area (Å²) in [5, 5.41) is 20.6. The van der Waals surface area contributed by atoms with Gasteiger partial charge in [-0.1, -0.05) is 269 Å². The molecule has 0 aliphatic rings. The van der Waals surface area contributed by atoms with Gasteiger partial charge in [0.05, 0.1) is 26.4 Å². The first-order chi connectivity index (χ1) is 46.2. The van der Waals surface area contributed by atoms with E-state index in [-0.39, 0.29) is 19.3 Å². The number of aliphatic hydroxyl groups is 2. The lowest BCUT2D eigenvalue weighted by Gasteiger charge is -2.21. The van der Waals surface area contributed by atoms with E-state index in [9.17, 15) is 43.5 Å². The zero-order valence-corrected chi connectivity index (χ0v) is 60.6. The zero-order valence-electron chi connectivity index (χ0n) is 58.8. The maximum Gasteiger partial charge on any atom is 0.472 e. The summed E-state index contributed by atoms with van der Waals surface area (Å²) in [6, 6.07) is 0. The van der Waals surface area contributed by atoms with Crippen LogP contribution in [0.25, 0.3) is 0 Å². The molecule has 0 rings (SSSR count). The number of aliphatic hydroxyl groups excluding tert-OH is 2. The van der Waals surface area contributed by atoms with Crippen LogP contribution in [0.3, 0.4) is 0 Å². The summed E-state index contributed by atoms with van der Waals surface area (Å²) < 4.78 is 60.8. The Labute approximate surface area is 575 Å². The molecule has 18 heteroatoms. The lowest BCUT2D eigenvalue weighted by molar-refractivity contribution is -0.161. The van der Waals surface area contributed by atoms with Gasteiger partial charge < -0.3 is 34.2 Å². The number of hydrogen-bond acceptors (Lipinski definition) is 14. The van der Waals surface area contributed by atoms with E-state index in [1.807, 2.05) is 18.2 Å². The molecule has 0 radical (unpaired) electrons. The molecule has 0 aromatic carbocycles. The Kier molecular flexibility index (Phi) is 66.0. The summed E-state index contributed by atoms with van der Waals surface area (Å²) in [5.74, 6) is -1.69. The van der Waals surface area contributed by atoms with Crippen LogP contribution in [-0.2, 0) is 55.8 Å². The minimum absolute atomic E-state index is 0.0402. The van der Waals surface area contributed by atoms with Gasteiger partial charge in [0.1, 0.15) is 25.4 Å². The topological polar surface area (TPSA) is 231 Å². The molecule has 542 valence electrons. The van der Waals surface area contributed by atoms with Crippen LogP contribution < -0.4 is 0 Å². The Bertz CT molecular complexity index is 2310. The number of phosphoric acid groups is 2. The van der Waals surface area contributed by atoms with Gasteiger partial charge in [0.25, 0.3) is 0 Å². The predicted octanol–water partition coefficient (Wildman–Crippen LogP) is 20.5. The molecule has 0 fully saturated rings. The average molecular weight is 1370 g/mol. The highest BCUT2D eigenvalue weighted by atomic mass is 31.2. The van der Waals surface area contributed by atoms with Crippen LogP contribution >= 0.6 is 15.6 Å². The molecule has 0 aliphatic carbocycles. The molecule has 0 aromatic heterocycles. The smallest absolute Gasteiger partial charge is 0.463 e. The van der Waals surface area contributed by atoms with E-state index in [2.05, 4.69) is 148 Å². The van der Waals surface area contributed by atoms with Crippen molar-refractivity contribution < 1.29 is 75.8 Å². The van der Waals surface area contributed by atoms with Crippen molar-refractivity contribution in [2.75, 3.05) is 39.6 Å². The number of ether oxygens (including phenoxy) is 3. The second-order valence-electron chi connectivity index (χ2n) is 23.6. The van der Waals surface area contributed by atoms with Crippen molar-refractivity contribution in [1.82, 2.24) is 0 Å². The normalized spacial score (nSPS) is 15.0. The molecular formula is C77H128O16P2. The van der Waals surface area contributed by atoms with E-state index in [1.54, 1.807) is 0 Å². The fraction of sp³-hybridized carbons (Fsp3) is 0.649. The molecule has 0 bridgehead atoms. The van der Waals surface area contributed by atoms with Gasteiger partial charge in [0, 0.05) is 19.3 Å². The molecule has 5 atom stereocenters. The van der Waals surface area contributed by atoms with E-state index in [0.717, 1.165) is 128 Å². The second-order valence-corrected chi connectivity index (χ2v) is 26.5. The minimum Gasteiger partial charge on any atom is -0.463 e. The van der Waals surface area contributed by atoms with Crippen LogP contribution in [0.2, 0.25) is 0 Å². The Balaban J connectivity index is 4.50. The largest absolute Gasteiger partial charge is 0.472 e. The molecule has 5 unspecified atom stereocenters. The van der Waals surface area contributed by atoms with Gasteiger partial charge in [-0.2, -0.15) is 0 Å². The van der Waals surface area contributed by atoms with Crippen LogP contribution in [-0.4, -0.2) is 95.9 Å². The van der Waals surface area contributed by atoms with Gasteiger partial charge in [-0.3, -0.25) is 32.5 Å². The Hall–Kier alpha value is -4.57. The lowest BCUT2D eigenvalue weighted by atomic mass is 10.0. The van der Waals surface area contributed by atoms with Crippen LogP contribution in [0.5, 0.6) is 0 Å². The highest BCUT2D eigenvalue weighted by Gasteiger charge is 2.29. The Morgan fingerprint density at radius 3 is 0.958 bits per heavy atom. The molecule has 95 heavy (non-hydrogen) atoms. The first kappa shape index (κ1) is 90.4. The van der Waals surface area contributed by atoms with Gasteiger partial charge in [-0.25, -0.2) is 9.13 Å². The van der Waals surface area contributed by atoms with Gasteiger partial charge in [-0.15, -0.1) is 0 Å². The van der Waals surface area contributed by atoms with Crippen LogP contribution in [0.15, 0.2) is 146 Å². The van der Waals surface area contributed by atoms with E-state index in [4.69, 9.17) is 32.3 Å². The number of allylic oxidation sites excluding steroid dienone is 24. The Morgan fingerprint density at radius 1 is 0.305 bits per heavy atom. The van der Waals surface area contributed by atoms with Gasteiger partial charge in [-0.05, 0) is 122 Å². The van der Waals surface area contributed by atoms with Crippen LogP contribution in [0.4, 0.5) is 0 Å². The zero-order chi connectivity index (χ0) is 69.5. The molecule has 0 aliphatic heterocycles. The molecular weight excluding hydrogens is 1240 g/mol. The maximum atomic E-state index is 12.9. The van der Waals surface area contributed by atoms with Crippen molar-refractivity contribution in [2.24, 2.45) is 0 Å². The molecule has 0 spiro atoms. The first-order valence-electron chi connectivity index (χ1n) is 36.1. The average Bonchev–Trinajstić information content (AvgIpc) is 2.86. The minimum atomic E-state index is -4.94. The van der Waals surface area contributed by atoms with Crippen molar-refractivity contribution >= 4 is 33.6 Å². The standard InChI is InChI=1S/C77H128O16P2/c1-4-7-10-13-16-19-22-24-26-28-30-31-32-33-34-35-36-37-38-39-41-43-44-46-49-51-54-57-60-63-75(80)87-66-72(78)67-89-94(83,84)90-68-73(79)69-91-95(85,86)92-71-74(93-77(82)65-62-59-56-53-48-21-18-15-12-9-6-3)70-88-76(81)64-61-58-55-52-50-47-45-42-40-29-27-25-23-20-17-14-11-8-5-2/h7-8,10-11,15-20,24-27,30-31,33-34,40,42,47,50,55,58,72-74,78-79H,4-6,9,12-14,21-23,28-29,32,35-39,41,43-46,48-49,51-54,56-57,59-71H2,1-3H3,(H,83,84)(H,85,86)/b10-7-,11-8-,18-15-,19-16-,20-17-,26-24-,27-25-,31-30-,34-33-,42-40-,50-47-,58-55-. The molecule has 0 saturated heterocycles. The summed E-state index contributed by atoms with van der Waals surface area (Å²) >= 11 is 0. The summed E-state index contributed by atoms with van der Waals surface area (Å²) in [5.41, 5.74) is 0. The van der Waals surface area contributed by atoms with Crippen molar-refractivity contribution in [2.45, 2.75) is 283 Å². The maximum absolute atomic E-state index is 12.9. The van der Waals surface area contributed by atoms with E-state index < -0.39 is 91.5 Å². The summed E-state index contributed by atoms with van der Waals surface area (Å²) in [4.78, 5) is 58.3. The van der Waals surface area contributed by atoms with Crippen LogP contribution in [0, 0.1) is 0 Å². The molecule has 0 saturated carbocycles. The number of carbonyl (C=O) groups is 3. The monoisotopic (exact) mass is 1370 g/mol. The Morgan fingerprint density at radius 2 is 0.579 bits per heavy atom. The van der Waals surface area contributed by atoms with E-state index in [1.165, 1.54) is 70.6 Å². The van der Waals surface area contributed by atoms with Crippen molar-refractivity contribution in [3.63, 3.8) is 0 Å². The van der Waals surface area contributed by atoms with Crippen molar-refractivity contribution in [1.29, 1.82) is 0 Å². The molecule has 4 N–H and O–H groups in total. The third kappa shape index (κ3) is 70.6. The molecule has 0 aromatic rings. The number of carbonyl (C=O) groups excluding carboxylic acids is 3. The number of unbranched alkanes of at least 4 members (excludes halogenated alkanes) is 20. The highest BCUT2D eigenvalue weighted by molar-refractivity contribution is 7.47. The van der Waals surface area contributed by atoms with Gasteiger partial charge in [0.15, 0.2) is 6.10 Å². The lowest BCUT2D eigenvalue weighted by Crippen LogP contribution is -2.30. The third-order valence-electron chi connectivity index (χ3n) is 14.5.